The molecule has 1 rings (SSSR count). The van der Waals surface area contributed by atoms with Gasteiger partial charge in [0.1, 0.15) is 5.44 Å². The van der Waals surface area contributed by atoms with Gasteiger partial charge >= 0.3 is 0 Å². The monoisotopic (exact) mass is 254 g/mol. The molecule has 0 spiro atoms. The molecule has 1 fully saturated rings. The van der Waals surface area contributed by atoms with Crippen molar-refractivity contribution in [2.24, 2.45) is 5.41 Å². The second-order valence-corrected chi connectivity index (χ2v) is 6.75. The van der Waals surface area contributed by atoms with Crippen LogP contribution in [0.15, 0.2) is 23.8 Å². The molecule has 2 nitrogen and oxygen atoms in total. The molecule has 1 heterocycles. The number of thioether (sulfide) groups is 1. The first-order valence-corrected chi connectivity index (χ1v) is 6.78. The van der Waals surface area contributed by atoms with Crippen LogP contribution < -0.4 is 0 Å². The summed E-state index contributed by atoms with van der Waals surface area (Å²) in [5.74, 6) is 0. The van der Waals surface area contributed by atoms with E-state index in [2.05, 4.69) is 20.8 Å². The molecule has 1 saturated heterocycles. The lowest BCUT2D eigenvalue weighted by Gasteiger charge is -2.27. The lowest BCUT2D eigenvalue weighted by molar-refractivity contribution is -0.127. The summed E-state index contributed by atoms with van der Waals surface area (Å²) in [5.41, 5.74) is 0.167. The summed E-state index contributed by atoms with van der Waals surface area (Å²) >= 11 is 1.31. The standard InChI is InChI=1S/C14H22O2S/c1-7-8-10(2)9-14(6)11(15)17-12(16-14)13(3,4)5/h7-9,12H,1-6H3. The molecule has 2 unspecified atom stereocenters. The molecule has 1 aliphatic rings. The molecule has 0 bridgehead atoms. The second kappa shape index (κ2) is 4.99. The molecule has 2 atom stereocenters. The van der Waals surface area contributed by atoms with E-state index in [9.17, 15) is 4.79 Å². The van der Waals surface area contributed by atoms with E-state index >= 15 is 0 Å². The molecule has 1 aliphatic heterocycles. The van der Waals surface area contributed by atoms with Crippen LogP contribution in [0.1, 0.15) is 41.5 Å². The van der Waals surface area contributed by atoms with Crippen molar-refractivity contribution in [3.05, 3.63) is 23.8 Å². The predicted octanol–water partition coefficient (Wildman–Crippen LogP) is 3.93. The number of carbonyl (C=O) groups excluding carboxylic acids is 1. The number of carbonyl (C=O) groups is 1. The van der Waals surface area contributed by atoms with E-state index < -0.39 is 5.60 Å². The average molecular weight is 254 g/mol. The second-order valence-electron chi connectivity index (χ2n) is 5.72. The first-order chi connectivity index (χ1) is 7.69. The maximum Gasteiger partial charge on any atom is 0.227 e. The minimum Gasteiger partial charge on any atom is -0.348 e. The summed E-state index contributed by atoms with van der Waals surface area (Å²) in [6.07, 6.45) is 5.86. The summed E-state index contributed by atoms with van der Waals surface area (Å²) in [6, 6.07) is 0. The fraction of sp³-hybridized carbons (Fsp3) is 0.643. The predicted molar refractivity (Wildman–Crippen MR) is 73.9 cm³/mol. The van der Waals surface area contributed by atoms with Crippen LogP contribution in [0.2, 0.25) is 0 Å². The third-order valence-corrected chi connectivity index (χ3v) is 4.25. The van der Waals surface area contributed by atoms with E-state index in [1.165, 1.54) is 11.8 Å². The number of ether oxygens (including phenoxy) is 1. The van der Waals surface area contributed by atoms with Gasteiger partial charge in [0.2, 0.25) is 5.12 Å². The zero-order valence-electron chi connectivity index (χ0n) is 11.5. The summed E-state index contributed by atoms with van der Waals surface area (Å²) in [7, 11) is 0. The molecule has 0 saturated carbocycles. The largest absolute Gasteiger partial charge is 0.348 e. The minimum atomic E-state index is -0.786. The quantitative estimate of drug-likeness (QED) is 0.698. The molecule has 0 radical (unpaired) electrons. The van der Waals surface area contributed by atoms with Crippen molar-refractivity contribution in [1.82, 2.24) is 0 Å². The van der Waals surface area contributed by atoms with Crippen LogP contribution in [0.3, 0.4) is 0 Å². The molecular weight excluding hydrogens is 232 g/mol. The molecule has 0 aromatic rings. The lowest BCUT2D eigenvalue weighted by Crippen LogP contribution is -2.32. The molecule has 0 aliphatic carbocycles. The van der Waals surface area contributed by atoms with E-state index in [0.717, 1.165) is 5.57 Å². The molecule has 0 aromatic heterocycles. The van der Waals surface area contributed by atoms with E-state index in [-0.39, 0.29) is 16.0 Å². The fourth-order valence-electron chi connectivity index (χ4n) is 1.70. The van der Waals surface area contributed by atoms with Crippen LogP contribution in [0.25, 0.3) is 0 Å². The molecule has 3 heteroatoms. The van der Waals surface area contributed by atoms with Crippen molar-refractivity contribution >= 4 is 16.9 Å². The Hall–Kier alpha value is -0.540. The van der Waals surface area contributed by atoms with Gasteiger partial charge in [-0.25, -0.2) is 0 Å². The summed E-state index contributed by atoms with van der Waals surface area (Å²) in [4.78, 5) is 12.1. The molecule has 0 aromatic carbocycles. The third kappa shape index (κ3) is 3.46. The third-order valence-electron chi connectivity index (χ3n) is 2.61. The summed E-state index contributed by atoms with van der Waals surface area (Å²) < 4.78 is 5.95. The smallest absolute Gasteiger partial charge is 0.227 e. The van der Waals surface area contributed by atoms with Crippen LogP contribution in [-0.4, -0.2) is 16.2 Å². The molecule has 0 N–H and O–H groups in total. The zero-order valence-corrected chi connectivity index (χ0v) is 12.4. The van der Waals surface area contributed by atoms with Crippen molar-refractivity contribution in [1.29, 1.82) is 0 Å². The van der Waals surface area contributed by atoms with Crippen LogP contribution in [0.5, 0.6) is 0 Å². The Morgan fingerprint density at radius 2 is 2.06 bits per heavy atom. The highest BCUT2D eigenvalue weighted by Crippen LogP contribution is 2.44. The molecular formula is C14H22O2S. The normalized spacial score (nSPS) is 31.5. The first-order valence-electron chi connectivity index (χ1n) is 5.90. The van der Waals surface area contributed by atoms with Crippen LogP contribution >= 0.6 is 11.8 Å². The van der Waals surface area contributed by atoms with Crippen molar-refractivity contribution < 1.29 is 9.53 Å². The SMILES string of the molecule is CC=CC(C)=CC1(C)OC(C(C)(C)C)SC1=O. The van der Waals surface area contributed by atoms with E-state index in [0.29, 0.717) is 0 Å². The maximum atomic E-state index is 12.1. The van der Waals surface area contributed by atoms with Gasteiger partial charge in [0.15, 0.2) is 5.60 Å². The Kier molecular flexibility index (Phi) is 4.26. The minimum absolute atomic E-state index is 0.0274. The Morgan fingerprint density at radius 1 is 1.47 bits per heavy atom. The summed E-state index contributed by atoms with van der Waals surface area (Å²) in [5, 5.41) is 0.0984. The van der Waals surface area contributed by atoms with Gasteiger partial charge in [0, 0.05) is 0 Å². The molecule has 17 heavy (non-hydrogen) atoms. The maximum absolute atomic E-state index is 12.1. The zero-order chi connectivity index (χ0) is 13.3. The van der Waals surface area contributed by atoms with E-state index in [4.69, 9.17) is 4.74 Å². The van der Waals surface area contributed by atoms with Gasteiger partial charge in [-0.1, -0.05) is 50.3 Å². The van der Waals surface area contributed by atoms with Crippen molar-refractivity contribution in [3.63, 3.8) is 0 Å². The van der Waals surface area contributed by atoms with E-state index in [1.54, 1.807) is 0 Å². The van der Waals surface area contributed by atoms with Crippen LogP contribution in [-0.2, 0) is 9.53 Å². The van der Waals surface area contributed by atoms with Gasteiger partial charge in [0.05, 0.1) is 0 Å². The topological polar surface area (TPSA) is 26.3 Å². The van der Waals surface area contributed by atoms with Crippen molar-refractivity contribution in [3.8, 4) is 0 Å². The van der Waals surface area contributed by atoms with Crippen molar-refractivity contribution in [2.45, 2.75) is 52.6 Å². The Balaban J connectivity index is 2.93. The van der Waals surface area contributed by atoms with Gasteiger partial charge in [-0.2, -0.15) is 0 Å². The van der Waals surface area contributed by atoms with Gasteiger partial charge < -0.3 is 4.74 Å². The van der Waals surface area contributed by atoms with Gasteiger partial charge in [0.25, 0.3) is 0 Å². The fourth-order valence-corrected chi connectivity index (χ4v) is 2.84. The Morgan fingerprint density at radius 3 is 2.47 bits per heavy atom. The average Bonchev–Trinajstić information content (AvgIpc) is 2.42. The highest BCUT2D eigenvalue weighted by Gasteiger charge is 2.47. The highest BCUT2D eigenvalue weighted by atomic mass is 32.2. The van der Waals surface area contributed by atoms with Gasteiger partial charge in [-0.3, -0.25) is 4.79 Å². The first kappa shape index (κ1) is 14.5. The van der Waals surface area contributed by atoms with Gasteiger partial charge in [-0.05, 0) is 32.3 Å². The number of hydrogen-bond donors (Lipinski definition) is 0. The van der Waals surface area contributed by atoms with Crippen LogP contribution in [0.4, 0.5) is 0 Å². The summed E-state index contributed by atoms with van der Waals surface area (Å²) in [6.45, 7) is 12.1. The number of rotatable bonds is 2. The Bertz CT molecular complexity index is 363. The number of hydrogen-bond acceptors (Lipinski definition) is 3. The number of allylic oxidation sites excluding steroid dienone is 3. The Labute approximate surface area is 108 Å². The van der Waals surface area contributed by atoms with Gasteiger partial charge in [-0.15, -0.1) is 0 Å². The van der Waals surface area contributed by atoms with Crippen LogP contribution in [0, 0.1) is 5.41 Å². The molecule has 96 valence electrons. The van der Waals surface area contributed by atoms with Crippen molar-refractivity contribution in [2.75, 3.05) is 0 Å². The van der Waals surface area contributed by atoms with E-state index in [1.807, 2.05) is 39.0 Å². The lowest BCUT2D eigenvalue weighted by atomic mass is 9.97. The highest BCUT2D eigenvalue weighted by molar-refractivity contribution is 8.14. The molecule has 0 amide bonds.